The molecule has 2 aromatic carbocycles. The summed E-state index contributed by atoms with van der Waals surface area (Å²) >= 11 is 0. The van der Waals surface area contributed by atoms with Crippen molar-refractivity contribution in [2.24, 2.45) is 0 Å². The van der Waals surface area contributed by atoms with Gasteiger partial charge in [-0.3, -0.25) is 14.5 Å². The van der Waals surface area contributed by atoms with Gasteiger partial charge in [-0.25, -0.2) is 4.79 Å². The van der Waals surface area contributed by atoms with Gasteiger partial charge < -0.3 is 20.5 Å². The number of aryl methyl sites for hydroxylation is 2. The van der Waals surface area contributed by atoms with Crippen LogP contribution in [0, 0.1) is 26.3 Å². The molecular formula is C30H39N3O5. The summed E-state index contributed by atoms with van der Waals surface area (Å²) in [6.45, 7) is 11.4. The molecule has 204 valence electrons. The molecule has 3 N–H and O–H groups in total. The average molecular weight is 522 g/mol. The van der Waals surface area contributed by atoms with Gasteiger partial charge in [0.05, 0.1) is 0 Å². The second-order valence-electron chi connectivity index (χ2n) is 10.3. The fourth-order valence-corrected chi connectivity index (χ4v) is 3.89. The number of hydrogen-bond donors (Lipinski definition) is 3. The molecule has 2 rings (SSSR count). The summed E-state index contributed by atoms with van der Waals surface area (Å²) in [5.41, 5.74) is 2.20. The number of rotatable bonds is 10. The van der Waals surface area contributed by atoms with Crippen molar-refractivity contribution in [2.45, 2.75) is 78.5 Å². The van der Waals surface area contributed by atoms with Gasteiger partial charge in [0.15, 0.2) is 0 Å². The maximum Gasteiger partial charge on any atom is 0.408 e. The number of alkyl carbamates (subject to hydrolysis) is 1. The van der Waals surface area contributed by atoms with E-state index in [1.165, 1.54) is 12.1 Å². The number of benzene rings is 2. The largest absolute Gasteiger partial charge is 0.508 e. The molecule has 8 heteroatoms. The Morgan fingerprint density at radius 1 is 1.11 bits per heavy atom. The monoisotopic (exact) mass is 521 g/mol. The first-order valence-electron chi connectivity index (χ1n) is 12.8. The summed E-state index contributed by atoms with van der Waals surface area (Å²) in [6, 6.07) is 12.1. The van der Waals surface area contributed by atoms with Gasteiger partial charge in [0.1, 0.15) is 23.4 Å². The first-order chi connectivity index (χ1) is 17.9. The number of phenolic OH excluding ortho intramolecular Hbond substituents is 1. The molecule has 0 aliphatic heterocycles. The lowest BCUT2D eigenvalue weighted by molar-refractivity contribution is -0.138. The van der Waals surface area contributed by atoms with E-state index in [1.54, 1.807) is 32.9 Å². The lowest BCUT2D eigenvalue weighted by Crippen LogP contribution is -2.52. The van der Waals surface area contributed by atoms with Crippen molar-refractivity contribution in [1.29, 1.82) is 0 Å². The topological polar surface area (TPSA) is 108 Å². The number of unbranched alkanes of at least 4 members (excludes halogenated alkanes) is 1. The van der Waals surface area contributed by atoms with E-state index < -0.39 is 35.6 Å². The Kier molecular flexibility index (Phi) is 10.8. The Morgan fingerprint density at radius 2 is 1.76 bits per heavy atom. The van der Waals surface area contributed by atoms with Crippen LogP contribution in [0.25, 0.3) is 0 Å². The molecule has 0 spiro atoms. The van der Waals surface area contributed by atoms with Crippen molar-refractivity contribution in [3.8, 4) is 18.2 Å². The molecule has 0 aromatic heterocycles. The minimum Gasteiger partial charge on any atom is -0.508 e. The van der Waals surface area contributed by atoms with E-state index in [0.29, 0.717) is 17.7 Å². The predicted molar refractivity (Wildman–Crippen MR) is 147 cm³/mol. The fraction of sp³-hybridized carbons (Fsp3) is 0.433. The Hall–Kier alpha value is -3.99. The van der Waals surface area contributed by atoms with Gasteiger partial charge in [0, 0.05) is 19.0 Å². The fourth-order valence-electron chi connectivity index (χ4n) is 3.89. The van der Waals surface area contributed by atoms with E-state index >= 15 is 0 Å². The first kappa shape index (κ1) is 30.2. The highest BCUT2D eigenvalue weighted by molar-refractivity contribution is 5.93. The molecule has 0 radical (unpaired) electrons. The van der Waals surface area contributed by atoms with Crippen LogP contribution in [0.15, 0.2) is 42.5 Å². The number of terminal acetylenes is 1. The van der Waals surface area contributed by atoms with E-state index in [9.17, 15) is 19.5 Å². The molecule has 8 nitrogen and oxygen atoms in total. The predicted octanol–water partition coefficient (Wildman–Crippen LogP) is 4.52. The van der Waals surface area contributed by atoms with Crippen molar-refractivity contribution in [2.75, 3.05) is 6.54 Å². The zero-order valence-corrected chi connectivity index (χ0v) is 23.1. The van der Waals surface area contributed by atoms with Crippen LogP contribution in [-0.4, -0.2) is 46.1 Å². The lowest BCUT2D eigenvalue weighted by Gasteiger charge is -2.31. The first-order valence-corrected chi connectivity index (χ1v) is 12.8. The highest BCUT2D eigenvalue weighted by Crippen LogP contribution is 2.27. The number of hydrogen-bond acceptors (Lipinski definition) is 5. The quantitative estimate of drug-likeness (QED) is 0.242. The Labute approximate surface area is 225 Å². The lowest BCUT2D eigenvalue weighted by atomic mass is 9.96. The zero-order chi connectivity index (χ0) is 28.5. The van der Waals surface area contributed by atoms with Gasteiger partial charge in [-0.15, -0.1) is 0 Å². The standard InChI is InChI=1S/C30H39N3O5/c1-8-10-17-31-27(35)26(24-18-20(3)11-12-21(24)4)33(9-2)28(36)25(32-29(37)38-30(5,6)7)19-22-13-15-23(34)16-14-22/h2,11-16,18,25-26,34H,8,10,17,19H2,1,3-7H3,(H,31,35)(H,32,37). The van der Waals surface area contributed by atoms with Crippen molar-refractivity contribution >= 4 is 17.9 Å². The summed E-state index contributed by atoms with van der Waals surface area (Å²) in [4.78, 5) is 41.2. The minimum absolute atomic E-state index is 0.0630. The highest BCUT2D eigenvalue weighted by atomic mass is 16.6. The van der Waals surface area contributed by atoms with Crippen LogP contribution in [-0.2, 0) is 20.7 Å². The molecule has 0 aliphatic carbocycles. The molecular weight excluding hydrogens is 482 g/mol. The molecule has 0 fully saturated rings. The van der Waals surface area contributed by atoms with Gasteiger partial charge in [-0.05, 0) is 69.9 Å². The van der Waals surface area contributed by atoms with E-state index in [-0.39, 0.29) is 12.2 Å². The van der Waals surface area contributed by atoms with E-state index in [0.717, 1.165) is 28.9 Å². The van der Waals surface area contributed by atoms with Crippen LogP contribution in [0.5, 0.6) is 5.75 Å². The molecule has 0 saturated carbocycles. The molecule has 0 heterocycles. The number of carbonyl (C=O) groups is 3. The number of aromatic hydroxyl groups is 1. The maximum atomic E-state index is 14.0. The number of ether oxygens (including phenoxy) is 1. The van der Waals surface area contributed by atoms with Crippen molar-refractivity contribution < 1.29 is 24.2 Å². The SMILES string of the molecule is C#CN(C(=O)C(Cc1ccc(O)cc1)NC(=O)OC(C)(C)C)C(C(=O)NCCCC)c1cc(C)ccc1C. The van der Waals surface area contributed by atoms with Crippen molar-refractivity contribution in [3.63, 3.8) is 0 Å². The normalized spacial score (nSPS) is 12.6. The number of carbonyl (C=O) groups excluding carboxylic acids is 3. The summed E-state index contributed by atoms with van der Waals surface area (Å²) in [6.07, 6.45) is 6.81. The molecule has 2 atom stereocenters. The summed E-state index contributed by atoms with van der Waals surface area (Å²) in [5.74, 6) is -0.970. The Morgan fingerprint density at radius 3 is 2.34 bits per heavy atom. The summed E-state index contributed by atoms with van der Waals surface area (Å²) in [7, 11) is 0. The van der Waals surface area contributed by atoms with Crippen LogP contribution in [0.4, 0.5) is 4.79 Å². The van der Waals surface area contributed by atoms with Crippen LogP contribution >= 0.6 is 0 Å². The van der Waals surface area contributed by atoms with Gasteiger partial charge in [-0.1, -0.05) is 55.7 Å². The number of nitrogens with one attached hydrogen (secondary N) is 2. The highest BCUT2D eigenvalue weighted by Gasteiger charge is 2.36. The molecule has 0 aliphatic rings. The van der Waals surface area contributed by atoms with Crippen molar-refractivity contribution in [3.05, 3.63) is 64.7 Å². The van der Waals surface area contributed by atoms with E-state index in [2.05, 4.69) is 16.7 Å². The van der Waals surface area contributed by atoms with E-state index in [4.69, 9.17) is 11.2 Å². The maximum absolute atomic E-state index is 14.0. The number of amides is 3. The third-order valence-electron chi connectivity index (χ3n) is 5.81. The molecule has 38 heavy (non-hydrogen) atoms. The molecule has 0 bridgehead atoms. The minimum atomic E-state index is -1.14. The van der Waals surface area contributed by atoms with Crippen molar-refractivity contribution in [1.82, 2.24) is 15.5 Å². The van der Waals surface area contributed by atoms with Crippen LogP contribution < -0.4 is 10.6 Å². The Bertz CT molecular complexity index is 1160. The number of phenols is 1. The summed E-state index contributed by atoms with van der Waals surface area (Å²) < 4.78 is 5.39. The van der Waals surface area contributed by atoms with Gasteiger partial charge in [0.25, 0.3) is 5.91 Å². The van der Waals surface area contributed by atoms with Gasteiger partial charge in [0.2, 0.25) is 5.91 Å². The van der Waals surface area contributed by atoms with E-state index in [1.807, 2.05) is 39.0 Å². The zero-order valence-electron chi connectivity index (χ0n) is 23.1. The number of nitrogens with zero attached hydrogens (tertiary/aromatic N) is 1. The second-order valence-corrected chi connectivity index (χ2v) is 10.3. The smallest absolute Gasteiger partial charge is 0.408 e. The average Bonchev–Trinajstić information content (AvgIpc) is 2.83. The molecule has 2 unspecified atom stereocenters. The van der Waals surface area contributed by atoms with Crippen LogP contribution in [0.2, 0.25) is 0 Å². The molecule has 2 aromatic rings. The molecule has 3 amide bonds. The van der Waals surface area contributed by atoms with Gasteiger partial charge in [-0.2, -0.15) is 0 Å². The molecule has 0 saturated heterocycles. The summed E-state index contributed by atoms with van der Waals surface area (Å²) in [5, 5.41) is 15.2. The third-order valence-corrected chi connectivity index (χ3v) is 5.81. The van der Waals surface area contributed by atoms with Crippen LogP contribution in [0.1, 0.15) is 68.8 Å². The Balaban J connectivity index is 2.51. The van der Waals surface area contributed by atoms with Crippen LogP contribution in [0.3, 0.4) is 0 Å². The second kappa shape index (κ2) is 13.5. The van der Waals surface area contributed by atoms with Gasteiger partial charge >= 0.3 is 6.09 Å². The third kappa shape index (κ3) is 8.84.